The lowest BCUT2D eigenvalue weighted by Crippen LogP contribution is -2.49. The van der Waals surface area contributed by atoms with Gasteiger partial charge in [0.25, 0.3) is 0 Å². The van der Waals surface area contributed by atoms with E-state index in [1.165, 1.54) is 24.4 Å². The molecule has 0 saturated heterocycles. The minimum atomic E-state index is -4.74. The number of hydrogen-bond donors (Lipinski definition) is 1. The van der Waals surface area contributed by atoms with E-state index in [-0.39, 0.29) is 49.8 Å². The number of rotatable bonds is 3. The molecule has 0 aliphatic rings. The van der Waals surface area contributed by atoms with Crippen LogP contribution in [0.2, 0.25) is 0 Å². The lowest BCUT2D eigenvalue weighted by molar-refractivity contribution is -0.137. The Kier molecular flexibility index (Phi) is 6.03. The molecule has 35 heavy (non-hydrogen) atoms. The van der Waals surface area contributed by atoms with Gasteiger partial charge in [-0.15, -0.1) is 0 Å². The summed E-state index contributed by atoms with van der Waals surface area (Å²) in [5, 5.41) is 10.1. The predicted octanol–water partition coefficient (Wildman–Crippen LogP) is -0.831. The second-order valence-corrected chi connectivity index (χ2v) is 8.46. The highest BCUT2D eigenvalue weighted by Gasteiger charge is 2.32. The Labute approximate surface area is 201 Å². The standard InChI is InChI=1S/C23H16B4F5NO2/c24-17-16(18(25)20(27)21(29)19(17)26)22(35)15-11-4-2-9(34)6-14(11)33-7-12(15)10-3-1-8(5-13(10)28)23(30,31)32/h1-7,34H,24-27H2. The first kappa shape index (κ1) is 24.6. The smallest absolute Gasteiger partial charge is 0.416 e. The van der Waals surface area contributed by atoms with Crippen LogP contribution < -0.4 is 21.9 Å². The summed E-state index contributed by atoms with van der Waals surface area (Å²) >= 11 is 0. The van der Waals surface area contributed by atoms with Gasteiger partial charge in [-0.2, -0.15) is 13.2 Å². The highest BCUT2D eigenvalue weighted by molar-refractivity contribution is 6.60. The second kappa shape index (κ2) is 8.59. The van der Waals surface area contributed by atoms with E-state index in [1.54, 1.807) is 31.4 Å². The predicted molar refractivity (Wildman–Crippen MR) is 136 cm³/mol. The number of alkyl halides is 3. The molecule has 1 heterocycles. The van der Waals surface area contributed by atoms with Crippen LogP contribution in [0, 0.1) is 11.6 Å². The number of carbonyl (C=O) groups is 1. The van der Waals surface area contributed by atoms with Crippen molar-refractivity contribution in [2.75, 3.05) is 0 Å². The second-order valence-electron chi connectivity index (χ2n) is 8.46. The van der Waals surface area contributed by atoms with Gasteiger partial charge >= 0.3 is 6.18 Å². The first-order valence-corrected chi connectivity index (χ1v) is 10.6. The third-order valence-electron chi connectivity index (χ3n) is 6.43. The van der Waals surface area contributed by atoms with Crippen molar-refractivity contribution in [3.63, 3.8) is 0 Å². The van der Waals surface area contributed by atoms with Crippen LogP contribution in [0.3, 0.4) is 0 Å². The Morgan fingerprint density at radius 2 is 1.46 bits per heavy atom. The van der Waals surface area contributed by atoms with Gasteiger partial charge in [0, 0.05) is 39.9 Å². The van der Waals surface area contributed by atoms with Crippen molar-refractivity contribution in [3.8, 4) is 16.9 Å². The zero-order valence-corrected chi connectivity index (χ0v) is 19.2. The molecule has 0 bridgehead atoms. The molecule has 0 fully saturated rings. The van der Waals surface area contributed by atoms with Gasteiger partial charge in [-0.3, -0.25) is 9.78 Å². The number of halogens is 5. The van der Waals surface area contributed by atoms with Crippen molar-refractivity contribution in [2.24, 2.45) is 0 Å². The van der Waals surface area contributed by atoms with E-state index in [4.69, 9.17) is 0 Å². The van der Waals surface area contributed by atoms with Crippen molar-refractivity contribution in [1.82, 2.24) is 4.98 Å². The largest absolute Gasteiger partial charge is 0.508 e. The molecule has 0 aliphatic carbocycles. The molecular weight excluding hydrogens is 460 g/mol. The van der Waals surface area contributed by atoms with Crippen molar-refractivity contribution >= 4 is 69.9 Å². The molecule has 0 aliphatic heterocycles. The van der Waals surface area contributed by atoms with Gasteiger partial charge in [0.15, 0.2) is 5.78 Å². The number of benzene rings is 3. The maximum atomic E-state index is 15.0. The fourth-order valence-electron chi connectivity index (χ4n) is 4.27. The van der Waals surface area contributed by atoms with Crippen LogP contribution in [0.4, 0.5) is 22.0 Å². The topological polar surface area (TPSA) is 50.2 Å². The van der Waals surface area contributed by atoms with E-state index in [2.05, 4.69) is 4.98 Å². The van der Waals surface area contributed by atoms with Gasteiger partial charge in [-0.05, 0) is 24.3 Å². The molecule has 1 aromatic heterocycles. The molecule has 0 unspecified atom stereocenters. The molecule has 1 N–H and O–H groups in total. The Morgan fingerprint density at radius 1 is 0.829 bits per heavy atom. The fourth-order valence-corrected chi connectivity index (χ4v) is 4.27. The number of hydrogen-bond acceptors (Lipinski definition) is 3. The lowest BCUT2D eigenvalue weighted by atomic mass is 9.65. The summed E-state index contributed by atoms with van der Waals surface area (Å²) in [5.74, 6) is -2.28. The van der Waals surface area contributed by atoms with Crippen molar-refractivity contribution < 1.29 is 31.9 Å². The summed E-state index contributed by atoms with van der Waals surface area (Å²) in [6, 6.07) is 6.14. The van der Waals surface area contributed by atoms with Crippen LogP contribution in [-0.2, 0) is 6.18 Å². The average molecular weight is 477 g/mol. The van der Waals surface area contributed by atoms with Crippen LogP contribution in [0.1, 0.15) is 21.5 Å². The molecule has 172 valence electrons. The lowest BCUT2D eigenvalue weighted by Gasteiger charge is -2.20. The molecule has 0 atom stereocenters. The highest BCUT2D eigenvalue weighted by atomic mass is 19.4. The van der Waals surface area contributed by atoms with Gasteiger partial charge in [0.1, 0.15) is 48.8 Å². The molecule has 0 amide bonds. The van der Waals surface area contributed by atoms with E-state index in [0.717, 1.165) is 12.1 Å². The molecule has 0 spiro atoms. The summed E-state index contributed by atoms with van der Waals surface area (Å²) in [5.41, 5.74) is 0.395. The first-order valence-electron chi connectivity index (χ1n) is 10.6. The van der Waals surface area contributed by atoms with Crippen LogP contribution >= 0.6 is 0 Å². The van der Waals surface area contributed by atoms with E-state index >= 15 is 0 Å². The minimum absolute atomic E-state index is 0.00901. The highest BCUT2D eigenvalue weighted by Crippen LogP contribution is 2.36. The molecule has 4 rings (SSSR count). The Bertz CT molecular complexity index is 1510. The number of phenols is 1. The maximum Gasteiger partial charge on any atom is 0.416 e. The van der Waals surface area contributed by atoms with Gasteiger partial charge in [0.2, 0.25) is 0 Å². The number of nitrogens with zero attached hydrogens (tertiary/aromatic N) is 1. The number of aromatic nitrogens is 1. The minimum Gasteiger partial charge on any atom is -0.508 e. The average Bonchev–Trinajstić information content (AvgIpc) is 2.80. The summed E-state index contributed by atoms with van der Waals surface area (Å²) in [6.45, 7) is 0. The van der Waals surface area contributed by atoms with E-state index in [9.17, 15) is 31.9 Å². The third kappa shape index (κ3) is 4.11. The number of phenolic OH excluding ortho intramolecular Hbond substituents is 1. The Balaban J connectivity index is 2.07. The first-order chi connectivity index (χ1) is 16.3. The zero-order chi connectivity index (χ0) is 25.8. The van der Waals surface area contributed by atoms with Gasteiger partial charge in [0.05, 0.1) is 11.1 Å². The quantitative estimate of drug-likeness (QED) is 0.239. The number of ketones is 1. The summed E-state index contributed by atoms with van der Waals surface area (Å²) in [4.78, 5) is 18.2. The number of fused-ring (bicyclic) bond motifs is 1. The molecular formula is C23H16B4F5NO2. The fraction of sp³-hybridized carbons (Fsp3) is 0.0435. The normalized spacial score (nSPS) is 11.7. The Morgan fingerprint density at radius 3 is 2.03 bits per heavy atom. The van der Waals surface area contributed by atoms with Crippen LogP contribution in [0.25, 0.3) is 22.0 Å². The van der Waals surface area contributed by atoms with Gasteiger partial charge in [-0.1, -0.05) is 27.9 Å². The van der Waals surface area contributed by atoms with Crippen molar-refractivity contribution in [2.45, 2.75) is 6.18 Å². The summed E-state index contributed by atoms with van der Waals surface area (Å²) in [6.07, 6.45) is -3.55. The number of pyridine rings is 1. The van der Waals surface area contributed by atoms with Crippen molar-refractivity contribution in [1.29, 1.82) is 0 Å². The van der Waals surface area contributed by atoms with E-state index in [1.807, 2.05) is 0 Å². The molecule has 0 saturated carbocycles. The maximum absolute atomic E-state index is 15.0. The van der Waals surface area contributed by atoms with Crippen molar-refractivity contribution in [3.05, 3.63) is 70.9 Å². The van der Waals surface area contributed by atoms with E-state index in [0.29, 0.717) is 17.0 Å². The number of aromatic hydroxyl groups is 1. The molecule has 4 aromatic rings. The van der Waals surface area contributed by atoms with Gasteiger partial charge < -0.3 is 5.11 Å². The number of carbonyl (C=O) groups excluding carboxylic acids is 1. The molecule has 0 radical (unpaired) electrons. The molecule has 12 heteroatoms. The zero-order valence-electron chi connectivity index (χ0n) is 19.2. The summed E-state index contributed by atoms with van der Waals surface area (Å²) in [7, 11) is 6.30. The molecule has 3 aromatic carbocycles. The molecule has 3 nitrogen and oxygen atoms in total. The van der Waals surface area contributed by atoms with Crippen LogP contribution in [0.5, 0.6) is 5.75 Å². The van der Waals surface area contributed by atoms with Crippen LogP contribution in [-0.4, -0.2) is 47.3 Å². The van der Waals surface area contributed by atoms with Gasteiger partial charge in [-0.25, -0.2) is 8.78 Å². The summed E-state index contributed by atoms with van der Waals surface area (Å²) < 4.78 is 68.9. The monoisotopic (exact) mass is 477 g/mol. The van der Waals surface area contributed by atoms with E-state index < -0.39 is 29.2 Å². The SMILES string of the molecule is Bc1c(B)c(C(=O)c2c(-c3ccc(C(F)(F)F)cc3F)cnc3cc(O)ccc23)c(B)c(B)c1F. The third-order valence-corrected chi connectivity index (χ3v) is 6.43. The Hall–Kier alpha value is -3.55. The van der Waals surface area contributed by atoms with Crippen LogP contribution in [0.15, 0.2) is 42.6 Å².